The Morgan fingerprint density at radius 3 is 2.61 bits per heavy atom. The van der Waals surface area contributed by atoms with E-state index in [0.29, 0.717) is 16.7 Å². The molecule has 0 saturated carbocycles. The van der Waals surface area contributed by atoms with Crippen molar-refractivity contribution in [2.75, 3.05) is 0 Å². The zero-order chi connectivity index (χ0) is 12.9. The summed E-state index contributed by atoms with van der Waals surface area (Å²) in [5.41, 5.74) is 3.75. The van der Waals surface area contributed by atoms with E-state index in [-0.39, 0.29) is 11.5 Å². The Hall–Kier alpha value is -2.17. The molecule has 0 aliphatic heterocycles. The van der Waals surface area contributed by atoms with Gasteiger partial charge in [-0.1, -0.05) is 6.07 Å². The van der Waals surface area contributed by atoms with Crippen molar-refractivity contribution < 1.29 is 15.3 Å². The molecule has 1 aliphatic carbocycles. The maximum Gasteiger partial charge on any atom is 0.200 e. The lowest BCUT2D eigenvalue weighted by Gasteiger charge is -2.23. The number of aromatic nitrogens is 1. The fraction of sp³-hybridized carbons (Fsp3) is 0.154. The average Bonchev–Trinajstić information content (AvgIpc) is 2.41. The van der Waals surface area contributed by atoms with Crippen LogP contribution in [0.25, 0.3) is 11.3 Å². The normalized spacial score (nSPS) is 12.9. The average molecular weight is 241 g/mol. The van der Waals surface area contributed by atoms with Crippen LogP contribution in [0.15, 0.2) is 18.3 Å². The van der Waals surface area contributed by atoms with Gasteiger partial charge in [-0.05, 0) is 35.5 Å². The Labute approximate surface area is 105 Å². The maximum atomic E-state index is 10.0. The molecule has 5 heteroatoms. The molecule has 1 aromatic heterocycles. The van der Waals surface area contributed by atoms with Gasteiger partial charge < -0.3 is 15.3 Å². The molecule has 0 bridgehead atoms. The third kappa shape index (κ3) is 1.30. The number of nitrogens with zero attached hydrogens (tertiary/aromatic N) is 1. The van der Waals surface area contributed by atoms with Crippen molar-refractivity contribution in [2.45, 2.75) is 12.8 Å². The maximum absolute atomic E-state index is 10.0. The summed E-state index contributed by atoms with van der Waals surface area (Å²) in [6.45, 7) is 0. The van der Waals surface area contributed by atoms with Crippen LogP contribution in [0.3, 0.4) is 0 Å². The van der Waals surface area contributed by atoms with Gasteiger partial charge in [0.2, 0.25) is 0 Å². The van der Waals surface area contributed by atoms with E-state index in [1.165, 1.54) is 0 Å². The SMILES string of the molecule is Bc1c(O)c(O)c(O)c2c1CCc1cccnc1-2. The number of aromatic hydroxyl groups is 3. The standard InChI is InChI=1S/C13H12BNO3/c14-9-7-4-3-6-2-1-5-15-10(6)8(7)11(16)13(18)12(9)17/h1-2,5,16-18H,3-4,14H2. The van der Waals surface area contributed by atoms with Crippen LogP contribution in [0.5, 0.6) is 17.2 Å². The number of aryl methyl sites for hydroxylation is 1. The van der Waals surface area contributed by atoms with Crippen LogP contribution in [0, 0.1) is 0 Å². The van der Waals surface area contributed by atoms with E-state index in [1.54, 1.807) is 14.0 Å². The molecule has 0 amide bonds. The predicted octanol–water partition coefficient (Wildman–Crippen LogP) is 0.222. The Kier molecular flexibility index (Phi) is 2.23. The molecule has 90 valence electrons. The molecular formula is C13H12BNO3. The van der Waals surface area contributed by atoms with E-state index in [1.807, 2.05) is 12.1 Å². The first-order valence-corrected chi connectivity index (χ1v) is 5.82. The first-order chi connectivity index (χ1) is 8.61. The summed E-state index contributed by atoms with van der Waals surface area (Å²) < 4.78 is 0. The molecule has 18 heavy (non-hydrogen) atoms. The van der Waals surface area contributed by atoms with Crippen LogP contribution in [-0.2, 0) is 12.8 Å². The van der Waals surface area contributed by atoms with Crippen molar-refractivity contribution in [1.29, 1.82) is 0 Å². The topological polar surface area (TPSA) is 73.6 Å². The molecule has 1 aliphatic rings. The Morgan fingerprint density at radius 2 is 1.83 bits per heavy atom. The highest BCUT2D eigenvalue weighted by molar-refractivity contribution is 6.36. The third-order valence-corrected chi connectivity index (χ3v) is 3.57. The fourth-order valence-corrected chi connectivity index (χ4v) is 2.57. The van der Waals surface area contributed by atoms with Crippen LogP contribution < -0.4 is 5.46 Å². The number of phenols is 3. The summed E-state index contributed by atoms with van der Waals surface area (Å²) in [5.74, 6) is -0.997. The van der Waals surface area contributed by atoms with Gasteiger partial charge in [-0.3, -0.25) is 4.98 Å². The molecule has 3 rings (SSSR count). The molecular weight excluding hydrogens is 229 g/mol. The second-order valence-corrected chi connectivity index (χ2v) is 4.54. The minimum absolute atomic E-state index is 0.245. The highest BCUT2D eigenvalue weighted by Crippen LogP contribution is 2.45. The van der Waals surface area contributed by atoms with Crippen LogP contribution in [0.2, 0.25) is 0 Å². The van der Waals surface area contributed by atoms with Gasteiger partial charge in [0.05, 0.1) is 5.69 Å². The highest BCUT2D eigenvalue weighted by atomic mass is 16.3. The molecule has 1 heterocycles. The van der Waals surface area contributed by atoms with Gasteiger partial charge in [0.15, 0.2) is 17.2 Å². The molecule has 1 aromatic carbocycles. The largest absolute Gasteiger partial charge is 0.505 e. The predicted molar refractivity (Wildman–Crippen MR) is 70.3 cm³/mol. The van der Waals surface area contributed by atoms with E-state index in [0.717, 1.165) is 24.0 Å². The zero-order valence-corrected chi connectivity index (χ0v) is 9.94. The number of benzene rings is 1. The van der Waals surface area contributed by atoms with Gasteiger partial charge in [0.1, 0.15) is 7.85 Å². The molecule has 0 radical (unpaired) electrons. The fourth-order valence-electron chi connectivity index (χ4n) is 2.57. The van der Waals surface area contributed by atoms with Crippen molar-refractivity contribution in [3.63, 3.8) is 0 Å². The first kappa shape index (κ1) is 11.0. The Balaban J connectivity index is 2.41. The number of rotatable bonds is 0. The van der Waals surface area contributed by atoms with Gasteiger partial charge in [0, 0.05) is 11.8 Å². The van der Waals surface area contributed by atoms with Crippen LogP contribution in [0.4, 0.5) is 0 Å². The van der Waals surface area contributed by atoms with Crippen molar-refractivity contribution in [2.24, 2.45) is 0 Å². The quantitative estimate of drug-likeness (QED) is 0.455. The Morgan fingerprint density at radius 1 is 1.06 bits per heavy atom. The lowest BCUT2D eigenvalue weighted by molar-refractivity contribution is 0.370. The number of fused-ring (bicyclic) bond motifs is 3. The van der Waals surface area contributed by atoms with Crippen molar-refractivity contribution in [3.8, 4) is 28.5 Å². The summed E-state index contributed by atoms with van der Waals surface area (Å²) in [7, 11) is 1.74. The van der Waals surface area contributed by atoms with Gasteiger partial charge in [-0.25, -0.2) is 0 Å². The summed E-state index contributed by atoms with van der Waals surface area (Å²) in [5, 5.41) is 29.5. The zero-order valence-electron chi connectivity index (χ0n) is 9.94. The van der Waals surface area contributed by atoms with E-state index < -0.39 is 5.75 Å². The smallest absolute Gasteiger partial charge is 0.200 e. The molecule has 0 saturated heterocycles. The molecule has 2 aromatic rings. The van der Waals surface area contributed by atoms with Gasteiger partial charge in [0.25, 0.3) is 0 Å². The van der Waals surface area contributed by atoms with Crippen LogP contribution in [-0.4, -0.2) is 28.1 Å². The molecule has 0 unspecified atom stereocenters. The molecule has 0 spiro atoms. The molecule has 4 nitrogen and oxygen atoms in total. The lowest BCUT2D eigenvalue weighted by atomic mass is 9.78. The summed E-state index contributed by atoms with van der Waals surface area (Å²) in [6, 6.07) is 3.82. The number of pyridine rings is 1. The van der Waals surface area contributed by atoms with E-state index >= 15 is 0 Å². The number of hydrogen-bond donors (Lipinski definition) is 3. The third-order valence-electron chi connectivity index (χ3n) is 3.57. The van der Waals surface area contributed by atoms with Gasteiger partial charge in [-0.2, -0.15) is 0 Å². The number of hydrogen-bond acceptors (Lipinski definition) is 4. The van der Waals surface area contributed by atoms with Gasteiger partial charge >= 0.3 is 0 Å². The first-order valence-electron chi connectivity index (χ1n) is 5.82. The van der Waals surface area contributed by atoms with Crippen molar-refractivity contribution in [1.82, 2.24) is 4.98 Å². The van der Waals surface area contributed by atoms with Gasteiger partial charge in [-0.15, -0.1) is 0 Å². The van der Waals surface area contributed by atoms with Crippen LogP contribution in [0.1, 0.15) is 11.1 Å². The molecule has 0 fully saturated rings. The monoisotopic (exact) mass is 241 g/mol. The highest BCUT2D eigenvalue weighted by Gasteiger charge is 2.26. The van der Waals surface area contributed by atoms with E-state index in [2.05, 4.69) is 4.98 Å². The lowest BCUT2D eigenvalue weighted by Crippen LogP contribution is -2.18. The second-order valence-electron chi connectivity index (χ2n) is 4.54. The second kappa shape index (κ2) is 3.66. The van der Waals surface area contributed by atoms with E-state index in [4.69, 9.17) is 0 Å². The van der Waals surface area contributed by atoms with Crippen LogP contribution >= 0.6 is 0 Å². The summed E-state index contributed by atoms with van der Waals surface area (Å²) >= 11 is 0. The summed E-state index contributed by atoms with van der Waals surface area (Å²) in [6.07, 6.45) is 3.20. The Bertz CT molecular complexity index is 655. The van der Waals surface area contributed by atoms with Crippen molar-refractivity contribution >= 4 is 13.3 Å². The van der Waals surface area contributed by atoms with Crippen molar-refractivity contribution in [3.05, 3.63) is 29.5 Å². The minimum Gasteiger partial charge on any atom is -0.505 e. The minimum atomic E-state index is -0.468. The molecule has 3 N–H and O–H groups in total. The summed E-state index contributed by atoms with van der Waals surface area (Å²) in [4.78, 5) is 4.28. The van der Waals surface area contributed by atoms with E-state index in [9.17, 15) is 15.3 Å². The molecule has 0 atom stereocenters. The number of phenolic OH excluding ortho intramolecular Hbond substituents is 3.